The van der Waals surface area contributed by atoms with Crippen molar-refractivity contribution in [3.8, 4) is 11.5 Å². The molecule has 0 saturated heterocycles. The minimum Gasteiger partial charge on any atom is -0.492 e. The van der Waals surface area contributed by atoms with Crippen molar-refractivity contribution in [3.63, 3.8) is 0 Å². The minimum atomic E-state index is -0.191. The molecule has 3 N–H and O–H groups in total. The number of para-hydroxylation sites is 1. The number of rotatable bonds is 7. The number of nitrogens with one attached hydrogen (secondary N) is 1. The maximum Gasteiger partial charge on any atom is 0.258 e. The van der Waals surface area contributed by atoms with Crippen molar-refractivity contribution < 1.29 is 14.3 Å². The Hall–Kier alpha value is -2.69. The Morgan fingerprint density at radius 2 is 1.62 bits per heavy atom. The third-order valence-electron chi connectivity index (χ3n) is 2.69. The first kappa shape index (κ1) is 14.7. The number of nitrogens with two attached hydrogens (primary N) is 1. The second kappa shape index (κ2) is 7.79. The minimum absolute atomic E-state index is 0.0325. The Kier molecular flexibility index (Phi) is 5.46. The Balaban J connectivity index is 1.60. The van der Waals surface area contributed by atoms with Crippen molar-refractivity contribution in [2.75, 3.05) is 25.5 Å². The highest BCUT2D eigenvalue weighted by molar-refractivity contribution is 5.77. The van der Waals surface area contributed by atoms with Gasteiger partial charge >= 0.3 is 0 Å². The molecule has 0 fully saturated rings. The highest BCUT2D eigenvalue weighted by Crippen LogP contribution is 2.12. The molecule has 21 heavy (non-hydrogen) atoms. The topological polar surface area (TPSA) is 73.6 Å². The summed E-state index contributed by atoms with van der Waals surface area (Å²) in [5, 5.41) is 2.72. The van der Waals surface area contributed by atoms with E-state index in [0.717, 1.165) is 5.75 Å². The smallest absolute Gasteiger partial charge is 0.258 e. The molecular formula is C16H18N2O3. The zero-order chi connectivity index (χ0) is 14.9. The molecular weight excluding hydrogens is 268 g/mol. The molecule has 0 saturated carbocycles. The maximum absolute atomic E-state index is 11.6. The molecule has 0 radical (unpaired) electrons. The molecule has 0 aromatic heterocycles. The number of nitrogen functional groups attached to an aromatic ring is 1. The summed E-state index contributed by atoms with van der Waals surface area (Å²) in [6.45, 7) is 0.811. The first-order chi connectivity index (χ1) is 10.2. The molecule has 0 aliphatic rings. The number of carbonyl (C=O) groups excluding carboxylic acids is 1. The van der Waals surface area contributed by atoms with Crippen LogP contribution in [0.25, 0.3) is 0 Å². The Bertz CT molecular complexity index is 555. The predicted octanol–water partition coefficient (Wildman–Crippen LogP) is 1.84. The summed E-state index contributed by atoms with van der Waals surface area (Å²) < 4.78 is 10.8. The number of anilines is 1. The first-order valence-electron chi connectivity index (χ1n) is 6.67. The standard InChI is InChI=1S/C16H18N2O3/c17-13-6-8-15(9-7-13)21-12-16(19)18-10-11-20-14-4-2-1-3-5-14/h1-9H,10-12,17H2,(H,18,19). The summed E-state index contributed by atoms with van der Waals surface area (Å²) in [6.07, 6.45) is 0. The lowest BCUT2D eigenvalue weighted by molar-refractivity contribution is -0.123. The van der Waals surface area contributed by atoms with Crippen molar-refractivity contribution in [2.45, 2.75) is 0 Å². The van der Waals surface area contributed by atoms with Crippen molar-refractivity contribution in [1.82, 2.24) is 5.32 Å². The van der Waals surface area contributed by atoms with Crippen LogP contribution in [0.3, 0.4) is 0 Å². The normalized spacial score (nSPS) is 9.90. The van der Waals surface area contributed by atoms with Crippen LogP contribution < -0.4 is 20.5 Å². The summed E-state index contributed by atoms with van der Waals surface area (Å²) >= 11 is 0. The van der Waals surface area contributed by atoms with Gasteiger partial charge in [0.1, 0.15) is 18.1 Å². The van der Waals surface area contributed by atoms with E-state index in [1.54, 1.807) is 24.3 Å². The number of ether oxygens (including phenoxy) is 2. The molecule has 0 unspecified atom stereocenters. The SMILES string of the molecule is Nc1ccc(OCC(=O)NCCOc2ccccc2)cc1. The van der Waals surface area contributed by atoms with Crippen LogP contribution in [-0.4, -0.2) is 25.7 Å². The van der Waals surface area contributed by atoms with Crippen LogP contribution in [0.1, 0.15) is 0 Å². The van der Waals surface area contributed by atoms with E-state index in [0.29, 0.717) is 24.6 Å². The van der Waals surface area contributed by atoms with E-state index in [1.165, 1.54) is 0 Å². The third-order valence-corrected chi connectivity index (χ3v) is 2.69. The third kappa shape index (κ3) is 5.44. The molecule has 0 aliphatic heterocycles. The number of carbonyl (C=O) groups is 1. The first-order valence-corrected chi connectivity index (χ1v) is 6.67. The van der Waals surface area contributed by atoms with Crippen LogP contribution in [0.2, 0.25) is 0 Å². The zero-order valence-electron chi connectivity index (χ0n) is 11.6. The monoisotopic (exact) mass is 286 g/mol. The van der Waals surface area contributed by atoms with Gasteiger partial charge in [-0.1, -0.05) is 18.2 Å². The molecule has 5 heteroatoms. The summed E-state index contributed by atoms with van der Waals surface area (Å²) in [7, 11) is 0. The van der Waals surface area contributed by atoms with Crippen molar-refractivity contribution >= 4 is 11.6 Å². The summed E-state index contributed by atoms with van der Waals surface area (Å²) in [5.74, 6) is 1.20. The van der Waals surface area contributed by atoms with Crippen molar-refractivity contribution in [1.29, 1.82) is 0 Å². The fourth-order valence-corrected chi connectivity index (χ4v) is 1.64. The summed E-state index contributed by atoms with van der Waals surface area (Å²) in [6, 6.07) is 16.3. The largest absolute Gasteiger partial charge is 0.492 e. The van der Waals surface area contributed by atoms with Crippen LogP contribution in [0.4, 0.5) is 5.69 Å². The molecule has 0 atom stereocenters. The molecule has 5 nitrogen and oxygen atoms in total. The molecule has 2 aromatic rings. The predicted molar refractivity (Wildman–Crippen MR) is 81.3 cm³/mol. The van der Waals surface area contributed by atoms with Crippen LogP contribution in [0.5, 0.6) is 11.5 Å². The zero-order valence-corrected chi connectivity index (χ0v) is 11.6. The van der Waals surface area contributed by atoms with Gasteiger partial charge in [-0.2, -0.15) is 0 Å². The van der Waals surface area contributed by atoms with E-state index >= 15 is 0 Å². The van der Waals surface area contributed by atoms with E-state index in [9.17, 15) is 4.79 Å². The molecule has 1 amide bonds. The highest BCUT2D eigenvalue weighted by Gasteiger charge is 2.02. The van der Waals surface area contributed by atoms with Crippen LogP contribution >= 0.6 is 0 Å². The van der Waals surface area contributed by atoms with Gasteiger partial charge < -0.3 is 20.5 Å². The van der Waals surface area contributed by atoms with Gasteiger partial charge in [0.25, 0.3) is 5.91 Å². The van der Waals surface area contributed by atoms with Crippen LogP contribution in [0.15, 0.2) is 54.6 Å². The van der Waals surface area contributed by atoms with Gasteiger partial charge in [0.15, 0.2) is 6.61 Å². The number of hydrogen-bond donors (Lipinski definition) is 2. The fourth-order valence-electron chi connectivity index (χ4n) is 1.64. The lowest BCUT2D eigenvalue weighted by Crippen LogP contribution is -2.32. The Labute approximate surface area is 123 Å². The van der Waals surface area contributed by atoms with E-state index in [1.807, 2.05) is 30.3 Å². The average molecular weight is 286 g/mol. The van der Waals surface area contributed by atoms with Gasteiger partial charge in [-0.25, -0.2) is 0 Å². The Morgan fingerprint density at radius 3 is 2.33 bits per heavy atom. The maximum atomic E-state index is 11.6. The summed E-state index contributed by atoms with van der Waals surface area (Å²) in [5.41, 5.74) is 6.22. The van der Waals surface area contributed by atoms with Crippen LogP contribution in [-0.2, 0) is 4.79 Å². The average Bonchev–Trinajstić information content (AvgIpc) is 2.52. The number of benzene rings is 2. The van der Waals surface area contributed by atoms with E-state index < -0.39 is 0 Å². The molecule has 0 spiro atoms. The second-order valence-corrected chi connectivity index (χ2v) is 4.37. The molecule has 0 bridgehead atoms. The molecule has 2 rings (SSSR count). The van der Waals surface area contributed by atoms with E-state index in [2.05, 4.69) is 5.32 Å². The van der Waals surface area contributed by atoms with Gasteiger partial charge in [0.05, 0.1) is 6.54 Å². The van der Waals surface area contributed by atoms with Gasteiger partial charge in [-0.15, -0.1) is 0 Å². The second-order valence-electron chi connectivity index (χ2n) is 4.37. The fraction of sp³-hybridized carbons (Fsp3) is 0.188. The van der Waals surface area contributed by atoms with Gasteiger partial charge in [0.2, 0.25) is 0 Å². The number of hydrogen-bond acceptors (Lipinski definition) is 4. The molecule has 110 valence electrons. The van der Waals surface area contributed by atoms with Crippen molar-refractivity contribution in [3.05, 3.63) is 54.6 Å². The Morgan fingerprint density at radius 1 is 0.952 bits per heavy atom. The van der Waals surface area contributed by atoms with Crippen molar-refractivity contribution in [2.24, 2.45) is 0 Å². The lowest BCUT2D eigenvalue weighted by atomic mass is 10.3. The molecule has 0 heterocycles. The quantitative estimate of drug-likeness (QED) is 0.601. The van der Waals surface area contributed by atoms with E-state index in [-0.39, 0.29) is 12.5 Å². The molecule has 0 aliphatic carbocycles. The molecule has 2 aromatic carbocycles. The van der Waals surface area contributed by atoms with Crippen LogP contribution in [0, 0.1) is 0 Å². The number of amides is 1. The summed E-state index contributed by atoms with van der Waals surface area (Å²) in [4.78, 5) is 11.6. The highest BCUT2D eigenvalue weighted by atomic mass is 16.5. The van der Waals surface area contributed by atoms with Gasteiger partial charge in [-0.3, -0.25) is 4.79 Å². The van der Waals surface area contributed by atoms with Gasteiger partial charge in [0, 0.05) is 5.69 Å². The van der Waals surface area contributed by atoms with Gasteiger partial charge in [-0.05, 0) is 36.4 Å². The van der Waals surface area contributed by atoms with E-state index in [4.69, 9.17) is 15.2 Å². The lowest BCUT2D eigenvalue weighted by Gasteiger charge is -2.09.